The second kappa shape index (κ2) is 11.2. The van der Waals surface area contributed by atoms with E-state index in [9.17, 15) is 4.79 Å². The zero-order valence-corrected chi connectivity index (χ0v) is 10.8. The molecule has 0 bridgehead atoms. The number of aliphatic hydroxyl groups excluding tert-OH is 3. The summed E-state index contributed by atoms with van der Waals surface area (Å²) in [5.41, 5.74) is 0. The molecular weight excluding hydrogens is 240 g/mol. The predicted molar refractivity (Wildman–Crippen MR) is 66.3 cm³/mol. The molecule has 7 nitrogen and oxygen atoms in total. The lowest BCUT2D eigenvalue weighted by atomic mass is 10.3. The van der Waals surface area contributed by atoms with Crippen LogP contribution in [0.25, 0.3) is 0 Å². The highest BCUT2D eigenvalue weighted by atomic mass is 16.6. The number of hydrogen-bond donors (Lipinski definition) is 4. The number of carbonyl (C=O) groups excluding carboxylic acids is 1. The molecule has 1 unspecified atom stereocenters. The fourth-order valence-electron chi connectivity index (χ4n) is 1.37. The topological polar surface area (TPSA) is 102 Å². The number of carbonyl (C=O) groups is 1. The Morgan fingerprint density at radius 3 is 2.33 bits per heavy atom. The third-order valence-electron chi connectivity index (χ3n) is 2.32. The second-order valence-corrected chi connectivity index (χ2v) is 3.97. The molecular formula is C11H24N2O5. The molecule has 0 aliphatic heterocycles. The van der Waals surface area contributed by atoms with Gasteiger partial charge in [-0.3, -0.25) is 4.90 Å². The molecule has 0 aromatic carbocycles. The molecule has 0 heterocycles. The third kappa shape index (κ3) is 9.17. The van der Waals surface area contributed by atoms with Crippen LogP contribution in [0.1, 0.15) is 13.3 Å². The van der Waals surface area contributed by atoms with Gasteiger partial charge < -0.3 is 25.4 Å². The van der Waals surface area contributed by atoms with Crippen molar-refractivity contribution in [1.29, 1.82) is 0 Å². The molecule has 0 saturated carbocycles. The fraction of sp³-hybridized carbons (Fsp3) is 0.909. The second-order valence-electron chi connectivity index (χ2n) is 3.97. The normalized spacial score (nSPS) is 12.5. The molecule has 0 aromatic heterocycles. The van der Waals surface area contributed by atoms with E-state index in [2.05, 4.69) is 5.32 Å². The molecule has 0 radical (unpaired) electrons. The van der Waals surface area contributed by atoms with Crippen LogP contribution in [0.3, 0.4) is 0 Å². The van der Waals surface area contributed by atoms with Crippen LogP contribution in [0.4, 0.5) is 4.79 Å². The highest BCUT2D eigenvalue weighted by Crippen LogP contribution is 1.92. The molecule has 0 aromatic rings. The highest BCUT2D eigenvalue weighted by molar-refractivity contribution is 5.67. The van der Waals surface area contributed by atoms with E-state index in [-0.39, 0.29) is 19.8 Å². The van der Waals surface area contributed by atoms with E-state index in [1.165, 1.54) is 0 Å². The first-order valence-corrected chi connectivity index (χ1v) is 6.13. The smallest absolute Gasteiger partial charge is 0.407 e. The number of amides is 1. The summed E-state index contributed by atoms with van der Waals surface area (Å²) in [6, 6.07) is 0. The molecule has 0 saturated heterocycles. The van der Waals surface area contributed by atoms with Crippen molar-refractivity contribution in [2.24, 2.45) is 0 Å². The van der Waals surface area contributed by atoms with Crippen LogP contribution < -0.4 is 5.32 Å². The van der Waals surface area contributed by atoms with Crippen molar-refractivity contribution in [3.63, 3.8) is 0 Å². The molecule has 1 amide bonds. The number of rotatable bonds is 10. The van der Waals surface area contributed by atoms with Crippen LogP contribution >= 0.6 is 0 Å². The number of ether oxygens (including phenoxy) is 1. The lowest BCUT2D eigenvalue weighted by Gasteiger charge is -2.20. The number of alkyl carbamates (subject to hydrolysis) is 1. The Morgan fingerprint density at radius 1 is 1.22 bits per heavy atom. The van der Waals surface area contributed by atoms with E-state index in [1.807, 2.05) is 4.90 Å². The molecule has 0 aliphatic rings. The summed E-state index contributed by atoms with van der Waals surface area (Å²) in [7, 11) is 0. The Bertz CT molecular complexity index is 210. The largest absolute Gasteiger partial charge is 0.444 e. The number of hydrogen-bond acceptors (Lipinski definition) is 6. The van der Waals surface area contributed by atoms with Gasteiger partial charge in [-0.25, -0.2) is 4.79 Å². The van der Waals surface area contributed by atoms with Gasteiger partial charge in [-0.2, -0.15) is 0 Å². The molecule has 1 atom stereocenters. The molecule has 0 aliphatic carbocycles. The van der Waals surface area contributed by atoms with Gasteiger partial charge >= 0.3 is 6.09 Å². The lowest BCUT2D eigenvalue weighted by Crippen LogP contribution is -2.34. The van der Waals surface area contributed by atoms with E-state index >= 15 is 0 Å². The van der Waals surface area contributed by atoms with Crippen molar-refractivity contribution in [3.05, 3.63) is 0 Å². The maximum atomic E-state index is 11.2. The van der Waals surface area contributed by atoms with Gasteiger partial charge in [0.05, 0.1) is 19.8 Å². The molecule has 108 valence electrons. The fourth-order valence-corrected chi connectivity index (χ4v) is 1.37. The van der Waals surface area contributed by atoms with E-state index in [1.54, 1.807) is 6.92 Å². The van der Waals surface area contributed by atoms with E-state index in [0.717, 1.165) is 0 Å². The molecule has 0 spiro atoms. The van der Waals surface area contributed by atoms with Crippen molar-refractivity contribution in [1.82, 2.24) is 10.2 Å². The number of nitrogens with zero attached hydrogens (tertiary/aromatic N) is 1. The first-order chi connectivity index (χ1) is 8.63. The summed E-state index contributed by atoms with van der Waals surface area (Å²) in [5.74, 6) is 0. The Kier molecular flexibility index (Phi) is 10.7. The maximum absolute atomic E-state index is 11.2. The quantitative estimate of drug-likeness (QED) is 0.369. The summed E-state index contributed by atoms with van der Waals surface area (Å²) in [6.07, 6.45) is -0.361. The van der Waals surface area contributed by atoms with Crippen molar-refractivity contribution in [2.45, 2.75) is 19.4 Å². The average Bonchev–Trinajstić information content (AvgIpc) is 2.34. The van der Waals surface area contributed by atoms with Gasteiger partial charge in [0.1, 0.15) is 6.10 Å². The van der Waals surface area contributed by atoms with Crippen LogP contribution in [0.15, 0.2) is 0 Å². The lowest BCUT2D eigenvalue weighted by molar-refractivity contribution is 0.0678. The van der Waals surface area contributed by atoms with E-state index < -0.39 is 12.2 Å². The van der Waals surface area contributed by atoms with Gasteiger partial charge in [0.15, 0.2) is 0 Å². The van der Waals surface area contributed by atoms with Crippen LogP contribution in [0.5, 0.6) is 0 Å². The van der Waals surface area contributed by atoms with Gasteiger partial charge in [0, 0.05) is 19.6 Å². The minimum absolute atomic E-state index is 0.0451. The summed E-state index contributed by atoms with van der Waals surface area (Å²) < 4.78 is 4.81. The first kappa shape index (κ1) is 17.1. The number of aliphatic hydroxyl groups is 3. The summed E-state index contributed by atoms with van der Waals surface area (Å²) >= 11 is 0. The van der Waals surface area contributed by atoms with Gasteiger partial charge in [-0.15, -0.1) is 0 Å². The number of nitrogens with one attached hydrogen (secondary N) is 1. The monoisotopic (exact) mass is 264 g/mol. The summed E-state index contributed by atoms with van der Waals surface area (Å²) in [4.78, 5) is 13.1. The van der Waals surface area contributed by atoms with Crippen molar-refractivity contribution in [3.8, 4) is 0 Å². The van der Waals surface area contributed by atoms with Gasteiger partial charge in [-0.1, -0.05) is 0 Å². The average molecular weight is 264 g/mol. The zero-order chi connectivity index (χ0) is 13.8. The van der Waals surface area contributed by atoms with Crippen LogP contribution in [0, 0.1) is 0 Å². The van der Waals surface area contributed by atoms with Crippen molar-refractivity contribution >= 4 is 6.09 Å². The van der Waals surface area contributed by atoms with Crippen molar-refractivity contribution in [2.75, 3.05) is 46.0 Å². The maximum Gasteiger partial charge on any atom is 0.407 e. The molecule has 7 heteroatoms. The van der Waals surface area contributed by atoms with E-state index in [0.29, 0.717) is 32.6 Å². The third-order valence-corrected chi connectivity index (χ3v) is 2.32. The van der Waals surface area contributed by atoms with Gasteiger partial charge in [-0.05, 0) is 19.9 Å². The van der Waals surface area contributed by atoms with Crippen molar-refractivity contribution < 1.29 is 24.9 Å². The predicted octanol–water partition coefficient (Wildman–Crippen LogP) is -1.23. The first-order valence-electron chi connectivity index (χ1n) is 6.13. The van der Waals surface area contributed by atoms with Crippen LogP contribution in [0.2, 0.25) is 0 Å². The minimum Gasteiger partial charge on any atom is -0.444 e. The zero-order valence-electron chi connectivity index (χ0n) is 10.8. The standard InChI is InChI=1S/C11H24N2O5/c1-10(9-16)18-11(17)12-3-2-4-13(5-7-14)6-8-15/h10,14-16H,2-9H2,1H3,(H,12,17). The summed E-state index contributed by atoms with van der Waals surface area (Å²) in [5, 5.41) is 28.8. The Morgan fingerprint density at radius 2 is 1.83 bits per heavy atom. The molecule has 4 N–H and O–H groups in total. The molecule has 0 fully saturated rings. The Hall–Kier alpha value is -0.890. The van der Waals surface area contributed by atoms with Crippen LogP contribution in [-0.2, 0) is 4.74 Å². The van der Waals surface area contributed by atoms with Gasteiger partial charge in [0.25, 0.3) is 0 Å². The minimum atomic E-state index is -0.549. The van der Waals surface area contributed by atoms with E-state index in [4.69, 9.17) is 20.1 Å². The summed E-state index contributed by atoms with van der Waals surface area (Å²) in [6.45, 7) is 3.63. The molecule has 18 heavy (non-hydrogen) atoms. The SMILES string of the molecule is CC(CO)OC(=O)NCCCN(CCO)CCO. The molecule has 0 rings (SSSR count). The van der Waals surface area contributed by atoms with Gasteiger partial charge in [0.2, 0.25) is 0 Å². The highest BCUT2D eigenvalue weighted by Gasteiger charge is 2.07. The Labute approximate surface area is 107 Å². The van der Waals surface area contributed by atoms with Crippen LogP contribution in [-0.4, -0.2) is 78.4 Å². The Balaban J connectivity index is 3.60.